The lowest BCUT2D eigenvalue weighted by atomic mass is 9.91. The summed E-state index contributed by atoms with van der Waals surface area (Å²) < 4.78 is 5.39. The summed E-state index contributed by atoms with van der Waals surface area (Å²) in [5.41, 5.74) is 7.18. The van der Waals surface area contributed by atoms with Gasteiger partial charge in [0.25, 0.3) is 0 Å². The van der Waals surface area contributed by atoms with Crippen LogP contribution in [-0.2, 0) is 11.3 Å². The normalized spacial score (nSPS) is 19.1. The van der Waals surface area contributed by atoms with Crippen molar-refractivity contribution in [1.82, 2.24) is 5.32 Å². The van der Waals surface area contributed by atoms with E-state index in [-0.39, 0.29) is 0 Å². The van der Waals surface area contributed by atoms with Crippen molar-refractivity contribution in [2.24, 2.45) is 11.7 Å². The van der Waals surface area contributed by atoms with E-state index < -0.39 is 0 Å². The molecule has 0 spiro atoms. The Hall–Kier alpha value is -0.900. The number of hydrogen-bond donors (Lipinski definition) is 2. The Balaban J connectivity index is 1.82. The first kappa shape index (κ1) is 12.6. The van der Waals surface area contributed by atoms with Crippen molar-refractivity contribution >= 4 is 0 Å². The standard InChI is InChI=1S/C14H22N2O/c15-10-14(13-6-8-17-9-7-13)16-11-12-4-2-1-3-5-12/h1-5,13-14,16H,6-11,15H2. The molecule has 0 saturated carbocycles. The molecule has 3 heteroatoms. The van der Waals surface area contributed by atoms with Crippen LogP contribution >= 0.6 is 0 Å². The molecular weight excluding hydrogens is 212 g/mol. The topological polar surface area (TPSA) is 47.3 Å². The number of benzene rings is 1. The van der Waals surface area contributed by atoms with Gasteiger partial charge in [-0.3, -0.25) is 0 Å². The van der Waals surface area contributed by atoms with Crippen LogP contribution in [0.2, 0.25) is 0 Å². The predicted molar refractivity (Wildman–Crippen MR) is 69.7 cm³/mol. The summed E-state index contributed by atoms with van der Waals surface area (Å²) in [5.74, 6) is 0.664. The van der Waals surface area contributed by atoms with Gasteiger partial charge in [0.1, 0.15) is 0 Å². The highest BCUT2D eigenvalue weighted by Gasteiger charge is 2.22. The quantitative estimate of drug-likeness (QED) is 0.812. The number of ether oxygens (including phenoxy) is 1. The van der Waals surface area contributed by atoms with Crippen molar-refractivity contribution in [3.8, 4) is 0 Å². The summed E-state index contributed by atoms with van der Waals surface area (Å²) in [6.45, 7) is 3.37. The highest BCUT2D eigenvalue weighted by atomic mass is 16.5. The van der Waals surface area contributed by atoms with Crippen LogP contribution in [0.15, 0.2) is 30.3 Å². The van der Waals surface area contributed by atoms with Crippen LogP contribution in [0.5, 0.6) is 0 Å². The van der Waals surface area contributed by atoms with Crippen molar-refractivity contribution in [2.75, 3.05) is 19.8 Å². The molecular formula is C14H22N2O. The van der Waals surface area contributed by atoms with Crippen LogP contribution in [0.3, 0.4) is 0 Å². The summed E-state index contributed by atoms with van der Waals surface area (Å²) in [6.07, 6.45) is 2.26. The second-order valence-corrected chi connectivity index (χ2v) is 4.66. The lowest BCUT2D eigenvalue weighted by molar-refractivity contribution is 0.0545. The molecule has 1 saturated heterocycles. The van der Waals surface area contributed by atoms with Gasteiger partial charge in [-0.1, -0.05) is 30.3 Å². The molecule has 3 nitrogen and oxygen atoms in total. The molecule has 2 rings (SSSR count). The fourth-order valence-electron chi connectivity index (χ4n) is 2.41. The van der Waals surface area contributed by atoms with E-state index in [1.54, 1.807) is 0 Å². The molecule has 0 radical (unpaired) electrons. The van der Waals surface area contributed by atoms with E-state index >= 15 is 0 Å². The van der Waals surface area contributed by atoms with Gasteiger partial charge in [0.15, 0.2) is 0 Å². The van der Waals surface area contributed by atoms with Crippen LogP contribution in [-0.4, -0.2) is 25.8 Å². The lowest BCUT2D eigenvalue weighted by Crippen LogP contribution is -2.43. The third-order valence-corrected chi connectivity index (χ3v) is 3.50. The molecule has 0 aliphatic carbocycles. The third kappa shape index (κ3) is 3.80. The number of nitrogens with one attached hydrogen (secondary N) is 1. The second-order valence-electron chi connectivity index (χ2n) is 4.66. The van der Waals surface area contributed by atoms with E-state index in [4.69, 9.17) is 10.5 Å². The maximum Gasteiger partial charge on any atom is 0.0469 e. The van der Waals surface area contributed by atoms with Crippen LogP contribution in [0.25, 0.3) is 0 Å². The van der Waals surface area contributed by atoms with Gasteiger partial charge in [-0.15, -0.1) is 0 Å². The smallest absolute Gasteiger partial charge is 0.0469 e. The zero-order chi connectivity index (χ0) is 11.9. The van der Waals surface area contributed by atoms with Gasteiger partial charge in [0.05, 0.1) is 0 Å². The van der Waals surface area contributed by atoms with Crippen LogP contribution < -0.4 is 11.1 Å². The molecule has 0 bridgehead atoms. The Morgan fingerprint density at radius 3 is 2.59 bits per heavy atom. The minimum atomic E-state index is 0.416. The molecule has 3 N–H and O–H groups in total. The van der Waals surface area contributed by atoms with Crippen molar-refractivity contribution < 1.29 is 4.74 Å². The van der Waals surface area contributed by atoms with Gasteiger partial charge in [0.2, 0.25) is 0 Å². The predicted octanol–water partition coefficient (Wildman–Crippen LogP) is 1.53. The molecule has 1 atom stereocenters. The average Bonchev–Trinajstić information content (AvgIpc) is 2.42. The van der Waals surface area contributed by atoms with Crippen molar-refractivity contribution in [3.05, 3.63) is 35.9 Å². The summed E-state index contributed by atoms with van der Waals surface area (Å²) in [6, 6.07) is 10.9. The zero-order valence-corrected chi connectivity index (χ0v) is 10.3. The molecule has 1 aliphatic heterocycles. The first-order valence-corrected chi connectivity index (χ1v) is 6.45. The Labute approximate surface area is 103 Å². The first-order chi connectivity index (χ1) is 8.40. The Morgan fingerprint density at radius 1 is 1.24 bits per heavy atom. The Bertz CT molecular complexity index is 309. The minimum absolute atomic E-state index is 0.416. The van der Waals surface area contributed by atoms with Gasteiger partial charge in [-0.25, -0.2) is 0 Å². The van der Waals surface area contributed by atoms with Crippen molar-refractivity contribution in [2.45, 2.75) is 25.4 Å². The Kier molecular flexibility index (Phi) is 4.98. The van der Waals surface area contributed by atoms with E-state index in [0.29, 0.717) is 18.5 Å². The van der Waals surface area contributed by atoms with Gasteiger partial charge in [-0.05, 0) is 24.3 Å². The largest absolute Gasteiger partial charge is 0.381 e. The maximum atomic E-state index is 5.86. The van der Waals surface area contributed by atoms with Gasteiger partial charge in [-0.2, -0.15) is 0 Å². The van der Waals surface area contributed by atoms with Crippen LogP contribution in [0.4, 0.5) is 0 Å². The average molecular weight is 234 g/mol. The summed E-state index contributed by atoms with van der Waals surface area (Å²) >= 11 is 0. The van der Waals surface area contributed by atoms with Crippen molar-refractivity contribution in [3.63, 3.8) is 0 Å². The molecule has 1 aliphatic rings. The number of nitrogens with two attached hydrogens (primary N) is 1. The van der Waals surface area contributed by atoms with Crippen LogP contribution in [0.1, 0.15) is 18.4 Å². The van der Waals surface area contributed by atoms with Gasteiger partial charge in [0, 0.05) is 32.3 Å². The maximum absolute atomic E-state index is 5.86. The fraction of sp³-hybridized carbons (Fsp3) is 0.571. The molecule has 1 aromatic rings. The highest BCUT2D eigenvalue weighted by molar-refractivity contribution is 5.14. The van der Waals surface area contributed by atoms with E-state index in [0.717, 1.165) is 32.6 Å². The summed E-state index contributed by atoms with van der Waals surface area (Å²) in [4.78, 5) is 0. The highest BCUT2D eigenvalue weighted by Crippen LogP contribution is 2.18. The molecule has 1 fully saturated rings. The molecule has 1 heterocycles. The van der Waals surface area contributed by atoms with E-state index in [1.807, 2.05) is 6.07 Å². The van der Waals surface area contributed by atoms with Crippen LogP contribution in [0, 0.1) is 5.92 Å². The molecule has 17 heavy (non-hydrogen) atoms. The molecule has 94 valence electrons. The summed E-state index contributed by atoms with van der Waals surface area (Å²) in [5, 5.41) is 3.57. The summed E-state index contributed by atoms with van der Waals surface area (Å²) in [7, 11) is 0. The fourth-order valence-corrected chi connectivity index (χ4v) is 2.41. The second kappa shape index (κ2) is 6.74. The van der Waals surface area contributed by atoms with Crippen molar-refractivity contribution in [1.29, 1.82) is 0 Å². The lowest BCUT2D eigenvalue weighted by Gasteiger charge is -2.30. The molecule has 1 aromatic carbocycles. The molecule has 0 amide bonds. The van der Waals surface area contributed by atoms with E-state index in [2.05, 4.69) is 29.6 Å². The SMILES string of the molecule is NCC(NCc1ccccc1)C1CCOCC1. The monoisotopic (exact) mass is 234 g/mol. The van der Waals surface area contributed by atoms with E-state index in [9.17, 15) is 0 Å². The van der Waals surface area contributed by atoms with Gasteiger partial charge >= 0.3 is 0 Å². The zero-order valence-electron chi connectivity index (χ0n) is 10.3. The Morgan fingerprint density at radius 2 is 1.94 bits per heavy atom. The minimum Gasteiger partial charge on any atom is -0.381 e. The molecule has 0 aromatic heterocycles. The first-order valence-electron chi connectivity index (χ1n) is 6.45. The number of hydrogen-bond acceptors (Lipinski definition) is 3. The number of rotatable bonds is 5. The van der Waals surface area contributed by atoms with E-state index in [1.165, 1.54) is 5.56 Å². The molecule has 1 unspecified atom stereocenters. The third-order valence-electron chi connectivity index (χ3n) is 3.50. The van der Waals surface area contributed by atoms with Gasteiger partial charge < -0.3 is 15.8 Å².